The summed E-state index contributed by atoms with van der Waals surface area (Å²) >= 11 is 0. The molecule has 0 unspecified atom stereocenters. The molecule has 5 rings (SSSR count). The van der Waals surface area contributed by atoms with E-state index in [2.05, 4.69) is 62.8 Å². The molecule has 28 heavy (non-hydrogen) atoms. The number of para-hydroxylation sites is 1. The van der Waals surface area contributed by atoms with E-state index in [0.29, 0.717) is 6.04 Å². The number of nitrogens with one attached hydrogen (secondary N) is 1. The number of hydrogen-bond acceptors (Lipinski definition) is 4. The first-order valence-corrected chi connectivity index (χ1v) is 10.4. The van der Waals surface area contributed by atoms with E-state index < -0.39 is 0 Å². The van der Waals surface area contributed by atoms with E-state index in [1.54, 1.807) is 23.8 Å². The highest BCUT2D eigenvalue weighted by atomic mass is 15.3. The second-order valence-electron chi connectivity index (χ2n) is 7.92. The first-order valence-electron chi connectivity index (χ1n) is 10.4. The lowest BCUT2D eigenvalue weighted by molar-refractivity contribution is 0.413. The molecule has 2 aliphatic rings. The van der Waals surface area contributed by atoms with Crippen LogP contribution in [0.25, 0.3) is 5.69 Å². The number of nitrogens with zero attached hydrogens (tertiary/aromatic N) is 4. The number of piperidine rings is 1. The van der Waals surface area contributed by atoms with Gasteiger partial charge in [0.25, 0.3) is 0 Å². The van der Waals surface area contributed by atoms with Crippen LogP contribution >= 0.6 is 0 Å². The zero-order chi connectivity index (χ0) is 18.8. The van der Waals surface area contributed by atoms with Gasteiger partial charge in [0.05, 0.1) is 5.69 Å². The minimum atomic E-state index is 0.564. The Hall–Kier alpha value is -2.66. The highest BCUT2D eigenvalue weighted by Gasteiger charge is 2.21. The molecule has 0 bridgehead atoms. The first kappa shape index (κ1) is 17.4. The van der Waals surface area contributed by atoms with E-state index in [1.807, 2.05) is 4.68 Å². The summed E-state index contributed by atoms with van der Waals surface area (Å²) in [6.45, 7) is 3.11. The maximum atomic E-state index is 4.28. The summed E-state index contributed by atoms with van der Waals surface area (Å²) in [5.41, 5.74) is 6.90. The third-order valence-corrected chi connectivity index (χ3v) is 6.18. The summed E-state index contributed by atoms with van der Waals surface area (Å²) in [5, 5.41) is 8.05. The summed E-state index contributed by atoms with van der Waals surface area (Å²) in [7, 11) is 0. The van der Waals surface area contributed by atoms with E-state index in [1.165, 1.54) is 43.4 Å². The molecule has 1 aliphatic heterocycles. The van der Waals surface area contributed by atoms with Crippen LogP contribution in [-0.2, 0) is 19.4 Å². The van der Waals surface area contributed by atoms with Crippen LogP contribution < -0.4 is 10.2 Å². The van der Waals surface area contributed by atoms with Crippen molar-refractivity contribution in [3.8, 4) is 5.69 Å². The third-order valence-electron chi connectivity index (χ3n) is 6.18. The molecule has 0 amide bonds. The van der Waals surface area contributed by atoms with Crippen molar-refractivity contribution in [2.24, 2.45) is 0 Å². The predicted molar refractivity (Wildman–Crippen MR) is 112 cm³/mol. The zero-order valence-electron chi connectivity index (χ0n) is 16.2. The fourth-order valence-corrected chi connectivity index (χ4v) is 4.57. The quantitative estimate of drug-likeness (QED) is 0.743. The van der Waals surface area contributed by atoms with Crippen molar-refractivity contribution in [1.82, 2.24) is 20.1 Å². The lowest BCUT2D eigenvalue weighted by Crippen LogP contribution is -2.42. The van der Waals surface area contributed by atoms with Gasteiger partial charge in [-0.3, -0.25) is 0 Å². The number of fused-ring (bicyclic) bond motifs is 1. The largest absolute Gasteiger partial charge is 0.371 e. The smallest absolute Gasteiger partial charge is 0.138 e. The van der Waals surface area contributed by atoms with Gasteiger partial charge in [0.2, 0.25) is 0 Å². The first-order chi connectivity index (χ1) is 13.9. The van der Waals surface area contributed by atoms with Gasteiger partial charge in [0.15, 0.2) is 0 Å². The second-order valence-corrected chi connectivity index (χ2v) is 7.92. The van der Waals surface area contributed by atoms with Crippen molar-refractivity contribution < 1.29 is 0 Å². The van der Waals surface area contributed by atoms with Crippen LogP contribution in [-0.4, -0.2) is 33.9 Å². The molecule has 1 aromatic heterocycles. The van der Waals surface area contributed by atoms with Gasteiger partial charge < -0.3 is 10.2 Å². The predicted octanol–water partition coefficient (Wildman–Crippen LogP) is 3.51. The van der Waals surface area contributed by atoms with Gasteiger partial charge in [0, 0.05) is 31.4 Å². The van der Waals surface area contributed by atoms with E-state index in [4.69, 9.17) is 0 Å². The summed E-state index contributed by atoms with van der Waals surface area (Å²) in [6.07, 6.45) is 9.54. The van der Waals surface area contributed by atoms with Gasteiger partial charge in [-0.15, -0.1) is 0 Å². The molecule has 0 atom stereocenters. The van der Waals surface area contributed by atoms with Gasteiger partial charge in [-0.25, -0.2) is 9.67 Å². The maximum absolute atomic E-state index is 4.28. The maximum Gasteiger partial charge on any atom is 0.138 e. The molecule has 1 N–H and O–H groups in total. The van der Waals surface area contributed by atoms with Crippen LogP contribution in [0.2, 0.25) is 0 Å². The molecule has 144 valence electrons. The Labute approximate surface area is 166 Å². The topological polar surface area (TPSA) is 46.0 Å². The zero-order valence-corrected chi connectivity index (χ0v) is 16.2. The molecule has 5 heteroatoms. The Bertz CT molecular complexity index is 926. The van der Waals surface area contributed by atoms with Gasteiger partial charge in [-0.2, -0.15) is 5.10 Å². The summed E-state index contributed by atoms with van der Waals surface area (Å²) in [6, 6.07) is 16.1. The highest BCUT2D eigenvalue weighted by molar-refractivity contribution is 5.52. The Morgan fingerprint density at radius 3 is 2.71 bits per heavy atom. The monoisotopic (exact) mass is 373 g/mol. The van der Waals surface area contributed by atoms with Crippen LogP contribution in [0.3, 0.4) is 0 Å². The van der Waals surface area contributed by atoms with Crippen molar-refractivity contribution in [1.29, 1.82) is 0 Å². The number of benzene rings is 2. The fourth-order valence-electron chi connectivity index (χ4n) is 4.57. The third kappa shape index (κ3) is 3.54. The minimum Gasteiger partial charge on any atom is -0.371 e. The molecular formula is C23H27N5. The summed E-state index contributed by atoms with van der Waals surface area (Å²) in [4.78, 5) is 6.63. The standard InChI is InChI=1S/C23H27N5/c1-2-7-23(28-17-24-16-26-28)20(4-1)15-25-21-10-12-27(13-11-21)22-9-8-18-5-3-6-19(18)14-22/h1-2,4,7-9,14,16-17,21,25H,3,5-6,10-13,15H2. The Balaban J connectivity index is 1.19. The number of anilines is 1. The number of aryl methyl sites for hydroxylation is 2. The molecule has 1 saturated heterocycles. The van der Waals surface area contributed by atoms with Crippen LogP contribution in [0.15, 0.2) is 55.1 Å². The summed E-state index contributed by atoms with van der Waals surface area (Å²) in [5.74, 6) is 0. The van der Waals surface area contributed by atoms with Gasteiger partial charge in [-0.05, 0) is 67.0 Å². The second kappa shape index (κ2) is 7.76. The Kier molecular flexibility index (Phi) is 4.83. The number of rotatable bonds is 5. The summed E-state index contributed by atoms with van der Waals surface area (Å²) < 4.78 is 1.84. The molecular weight excluding hydrogens is 346 g/mol. The highest BCUT2D eigenvalue weighted by Crippen LogP contribution is 2.28. The van der Waals surface area contributed by atoms with E-state index in [9.17, 15) is 0 Å². The van der Waals surface area contributed by atoms with Crippen LogP contribution in [0.5, 0.6) is 0 Å². The van der Waals surface area contributed by atoms with Gasteiger partial charge in [0.1, 0.15) is 12.7 Å². The molecule has 0 saturated carbocycles. The molecule has 1 aliphatic carbocycles. The lowest BCUT2D eigenvalue weighted by Gasteiger charge is -2.34. The van der Waals surface area contributed by atoms with Crippen molar-refractivity contribution in [3.05, 3.63) is 71.8 Å². The van der Waals surface area contributed by atoms with Crippen molar-refractivity contribution in [2.75, 3.05) is 18.0 Å². The average Bonchev–Trinajstić information content (AvgIpc) is 3.44. The van der Waals surface area contributed by atoms with Crippen LogP contribution in [0.4, 0.5) is 5.69 Å². The molecule has 0 spiro atoms. The minimum absolute atomic E-state index is 0.564. The number of aromatic nitrogens is 3. The van der Waals surface area contributed by atoms with Gasteiger partial charge in [-0.1, -0.05) is 24.3 Å². The molecule has 0 radical (unpaired) electrons. The van der Waals surface area contributed by atoms with E-state index in [0.717, 1.165) is 25.3 Å². The molecule has 2 aromatic carbocycles. The molecule has 1 fully saturated rings. The Morgan fingerprint density at radius 2 is 1.86 bits per heavy atom. The van der Waals surface area contributed by atoms with Crippen molar-refractivity contribution >= 4 is 5.69 Å². The van der Waals surface area contributed by atoms with E-state index >= 15 is 0 Å². The number of hydrogen-bond donors (Lipinski definition) is 1. The lowest BCUT2D eigenvalue weighted by atomic mass is 10.0. The van der Waals surface area contributed by atoms with Gasteiger partial charge >= 0.3 is 0 Å². The fraction of sp³-hybridized carbons (Fsp3) is 0.391. The van der Waals surface area contributed by atoms with Crippen molar-refractivity contribution in [3.63, 3.8) is 0 Å². The van der Waals surface area contributed by atoms with Crippen LogP contribution in [0.1, 0.15) is 36.0 Å². The average molecular weight is 374 g/mol. The SMILES string of the molecule is c1ccc(-n2cncn2)c(CNC2CCN(c3ccc4c(c3)CCC4)CC2)c1. The van der Waals surface area contributed by atoms with Crippen molar-refractivity contribution in [2.45, 2.75) is 44.7 Å². The Morgan fingerprint density at radius 1 is 1.00 bits per heavy atom. The van der Waals surface area contributed by atoms with Crippen LogP contribution in [0, 0.1) is 0 Å². The van der Waals surface area contributed by atoms with E-state index in [-0.39, 0.29) is 0 Å². The molecule has 2 heterocycles. The molecule has 5 nitrogen and oxygen atoms in total. The normalized spacial score (nSPS) is 17.1. The molecule has 3 aromatic rings.